The molecule has 2 fully saturated rings. The van der Waals surface area contributed by atoms with Crippen molar-refractivity contribution >= 4 is 22.6 Å². The lowest BCUT2D eigenvalue weighted by Crippen LogP contribution is -2.43. The van der Waals surface area contributed by atoms with E-state index >= 15 is 0 Å². The van der Waals surface area contributed by atoms with E-state index < -0.39 is 12.7 Å². The number of thioether (sulfide) groups is 1. The third-order valence-corrected chi connectivity index (χ3v) is 8.90. The van der Waals surface area contributed by atoms with Crippen LogP contribution in [0.4, 0.5) is 18.9 Å². The normalized spacial score (nSPS) is 21.8. The van der Waals surface area contributed by atoms with Crippen molar-refractivity contribution in [3.63, 3.8) is 0 Å². The Bertz CT molecular complexity index is 1620. The molecule has 230 valence electrons. The molecule has 44 heavy (non-hydrogen) atoms. The lowest BCUT2D eigenvalue weighted by Gasteiger charge is -2.38. The summed E-state index contributed by atoms with van der Waals surface area (Å²) >= 11 is 1.68. The Kier molecular flexibility index (Phi) is 8.40. The van der Waals surface area contributed by atoms with Gasteiger partial charge in [-0.25, -0.2) is 14.7 Å². The third-order valence-electron chi connectivity index (χ3n) is 7.90. The average Bonchev–Trinajstić information content (AvgIpc) is 3.55. The van der Waals surface area contributed by atoms with E-state index in [1.807, 2.05) is 24.3 Å². The molecule has 1 aromatic heterocycles. The van der Waals surface area contributed by atoms with Gasteiger partial charge < -0.3 is 14.7 Å². The van der Waals surface area contributed by atoms with Crippen LogP contribution in [0, 0.1) is 13.8 Å². The summed E-state index contributed by atoms with van der Waals surface area (Å²) in [4.78, 5) is 11.3. The van der Waals surface area contributed by atoms with Crippen molar-refractivity contribution in [1.82, 2.24) is 20.1 Å². The number of hydrogen-bond donors (Lipinski definition) is 2. The monoisotopic (exact) mass is 622 g/mol. The maximum Gasteiger partial charge on any atom is 0.573 e. The number of amidine groups is 1. The topological polar surface area (TPSA) is 87.8 Å². The molecule has 2 aliphatic rings. The minimum Gasteiger partial charge on any atom is -0.406 e. The first-order chi connectivity index (χ1) is 21.1. The van der Waals surface area contributed by atoms with Gasteiger partial charge in [-0.15, -0.1) is 18.3 Å². The summed E-state index contributed by atoms with van der Waals surface area (Å²) in [5, 5.41) is 19.5. The van der Waals surface area contributed by atoms with Gasteiger partial charge in [-0.05, 0) is 74.6 Å². The van der Waals surface area contributed by atoms with Gasteiger partial charge in [-0.2, -0.15) is 0 Å². The molecule has 2 N–H and O–H groups in total. The Labute approximate surface area is 258 Å². The van der Waals surface area contributed by atoms with E-state index in [-0.39, 0.29) is 23.8 Å². The highest BCUT2D eigenvalue weighted by Gasteiger charge is 2.39. The number of anilines is 1. The molecule has 4 aromatic rings. The number of alkyl halides is 3. The Morgan fingerprint density at radius 3 is 2.43 bits per heavy atom. The minimum absolute atomic E-state index is 0.112. The summed E-state index contributed by atoms with van der Waals surface area (Å²) in [6, 6.07) is 20.1. The van der Waals surface area contributed by atoms with Gasteiger partial charge in [-0.3, -0.25) is 5.32 Å². The highest BCUT2D eigenvalue weighted by molar-refractivity contribution is 8.14. The number of hydrogen-bond acceptors (Lipinski definition) is 7. The summed E-state index contributed by atoms with van der Waals surface area (Å²) in [5.41, 5.74) is 6.06. The summed E-state index contributed by atoms with van der Waals surface area (Å²) in [6.45, 7) is 6.43. The van der Waals surface area contributed by atoms with E-state index in [0.717, 1.165) is 40.6 Å². The third kappa shape index (κ3) is 6.77. The summed E-state index contributed by atoms with van der Waals surface area (Å²) in [7, 11) is 0. The van der Waals surface area contributed by atoms with Gasteiger partial charge in [0.1, 0.15) is 12.1 Å². The van der Waals surface area contributed by atoms with Crippen LogP contribution in [0.3, 0.4) is 0 Å². The van der Waals surface area contributed by atoms with E-state index in [1.54, 1.807) is 11.8 Å². The molecule has 0 radical (unpaired) electrons. The van der Waals surface area contributed by atoms with Crippen LogP contribution in [-0.2, 0) is 0 Å². The van der Waals surface area contributed by atoms with Crippen LogP contribution in [-0.4, -0.2) is 55.6 Å². The van der Waals surface area contributed by atoms with Crippen LogP contribution < -0.4 is 15.0 Å². The van der Waals surface area contributed by atoms with Crippen molar-refractivity contribution < 1.29 is 23.0 Å². The van der Waals surface area contributed by atoms with E-state index in [0.29, 0.717) is 11.5 Å². The van der Waals surface area contributed by atoms with Crippen LogP contribution >= 0.6 is 11.8 Å². The highest BCUT2D eigenvalue weighted by Crippen LogP contribution is 2.42. The molecule has 0 amide bonds. The Morgan fingerprint density at radius 2 is 1.75 bits per heavy atom. The molecule has 1 aliphatic heterocycles. The van der Waals surface area contributed by atoms with Crippen LogP contribution in [0.15, 0.2) is 78.0 Å². The number of ether oxygens (including phenoxy) is 1. The van der Waals surface area contributed by atoms with Gasteiger partial charge in [0.25, 0.3) is 0 Å². The van der Waals surface area contributed by atoms with E-state index in [9.17, 15) is 18.3 Å². The van der Waals surface area contributed by atoms with Crippen LogP contribution in [0.25, 0.3) is 17.1 Å². The first-order valence-corrected chi connectivity index (χ1v) is 15.4. The quantitative estimate of drug-likeness (QED) is 0.215. The zero-order chi connectivity index (χ0) is 31.0. The van der Waals surface area contributed by atoms with Crippen LogP contribution in [0.2, 0.25) is 0 Å². The van der Waals surface area contributed by atoms with Crippen molar-refractivity contribution in [2.45, 2.75) is 64.3 Å². The number of benzene rings is 3. The highest BCUT2D eigenvalue weighted by atomic mass is 32.2. The number of para-hydroxylation sites is 1. The number of nitrogens with one attached hydrogen (secondary N) is 1. The Balaban J connectivity index is 1.08. The molecular weight excluding hydrogens is 589 g/mol. The minimum atomic E-state index is -4.74. The van der Waals surface area contributed by atoms with Gasteiger partial charge in [0.05, 0.1) is 5.69 Å². The van der Waals surface area contributed by atoms with Crippen molar-refractivity contribution in [1.29, 1.82) is 0 Å². The molecule has 4 unspecified atom stereocenters. The standard InChI is InChI=1S/C32H33F3N6O2S/c1-19-5-4-6-20(2)28(19)41-21(3)15-16-44-31(41)38-30(42)37-27-17-26(27)22-7-9-23(10-8-22)29-36-18-40(39-29)24-11-13-25(14-12-24)43-32(33,34)35/h4-14,18,21,26-27,30,37,42H,15-17H2,1-3H3/b38-31-. The smallest absolute Gasteiger partial charge is 0.406 e. The second-order valence-corrected chi connectivity index (χ2v) is 12.2. The molecule has 8 nitrogen and oxygen atoms in total. The maximum absolute atomic E-state index is 12.4. The largest absolute Gasteiger partial charge is 0.573 e. The molecule has 6 rings (SSSR count). The second kappa shape index (κ2) is 12.3. The number of rotatable bonds is 8. The molecule has 3 aromatic carbocycles. The molecule has 0 bridgehead atoms. The number of aliphatic hydroxyl groups excluding tert-OH is 1. The molecule has 4 atom stereocenters. The Morgan fingerprint density at radius 1 is 1.05 bits per heavy atom. The van der Waals surface area contributed by atoms with Gasteiger partial charge in [-0.1, -0.05) is 54.2 Å². The fourth-order valence-electron chi connectivity index (χ4n) is 5.59. The van der Waals surface area contributed by atoms with Crippen molar-refractivity contribution in [2.75, 3.05) is 10.7 Å². The second-order valence-electron chi connectivity index (χ2n) is 11.2. The fraction of sp³-hybridized carbons (Fsp3) is 0.344. The maximum atomic E-state index is 12.4. The van der Waals surface area contributed by atoms with Crippen molar-refractivity contribution in [3.8, 4) is 22.8 Å². The van der Waals surface area contributed by atoms with Crippen LogP contribution in [0.5, 0.6) is 5.75 Å². The molecule has 12 heteroatoms. The van der Waals surface area contributed by atoms with Gasteiger partial charge in [0.2, 0.25) is 6.35 Å². The summed E-state index contributed by atoms with van der Waals surface area (Å²) in [5.74, 6) is 1.42. The lowest BCUT2D eigenvalue weighted by molar-refractivity contribution is -0.274. The number of halogens is 3. The SMILES string of the molecule is Cc1cccc(C)c1N1/C(=N/C(O)NC2CC2c2ccc(-c3ncn(-c4ccc(OC(F)(F)F)cc4)n3)cc2)SCCC1C. The average molecular weight is 623 g/mol. The van der Waals surface area contributed by atoms with E-state index in [2.05, 4.69) is 64.0 Å². The van der Waals surface area contributed by atoms with Gasteiger partial charge >= 0.3 is 6.36 Å². The molecular formula is C32H33F3N6O2S. The summed E-state index contributed by atoms with van der Waals surface area (Å²) in [6.07, 6.45) is -2.29. The zero-order valence-electron chi connectivity index (χ0n) is 24.5. The van der Waals surface area contributed by atoms with Crippen molar-refractivity contribution in [2.24, 2.45) is 4.99 Å². The number of nitrogens with zero attached hydrogens (tertiary/aromatic N) is 5. The number of aliphatic hydroxyl groups is 1. The zero-order valence-corrected chi connectivity index (χ0v) is 25.3. The molecule has 1 saturated carbocycles. The first-order valence-electron chi connectivity index (χ1n) is 14.4. The number of aryl methyl sites for hydroxylation is 2. The number of aliphatic imine (C=N–C) groups is 1. The molecule has 2 heterocycles. The first kappa shape index (κ1) is 30.2. The predicted molar refractivity (Wildman–Crippen MR) is 166 cm³/mol. The lowest BCUT2D eigenvalue weighted by atomic mass is 10.1. The summed E-state index contributed by atoms with van der Waals surface area (Å²) < 4.78 is 42.7. The van der Waals surface area contributed by atoms with Gasteiger partial charge in [0.15, 0.2) is 11.0 Å². The molecule has 1 aliphatic carbocycles. The van der Waals surface area contributed by atoms with E-state index in [4.69, 9.17) is 4.99 Å². The molecule has 0 spiro atoms. The molecule has 1 saturated heterocycles. The Hall–Kier alpha value is -3.87. The fourth-order valence-corrected chi connectivity index (χ4v) is 6.82. The van der Waals surface area contributed by atoms with Crippen molar-refractivity contribution in [3.05, 3.63) is 89.7 Å². The predicted octanol–water partition coefficient (Wildman–Crippen LogP) is 6.56. The van der Waals surface area contributed by atoms with Gasteiger partial charge in [0, 0.05) is 35.0 Å². The number of aromatic nitrogens is 3. The van der Waals surface area contributed by atoms with E-state index in [1.165, 1.54) is 46.4 Å². The van der Waals surface area contributed by atoms with Crippen LogP contribution in [0.1, 0.15) is 42.4 Å².